The monoisotopic (exact) mass is 293 g/mol. The Morgan fingerprint density at radius 2 is 1.82 bits per heavy atom. The van der Waals surface area contributed by atoms with Crippen LogP contribution < -0.4 is 5.32 Å². The summed E-state index contributed by atoms with van der Waals surface area (Å²) in [6, 6.07) is 10.4. The molecule has 5 nitrogen and oxygen atoms in total. The molecule has 0 saturated carbocycles. The summed E-state index contributed by atoms with van der Waals surface area (Å²) in [6.07, 6.45) is 7.55. The van der Waals surface area contributed by atoms with Gasteiger partial charge < -0.3 is 5.32 Å². The first kappa shape index (κ1) is 14.3. The predicted molar refractivity (Wildman–Crippen MR) is 86.6 cm³/mol. The van der Waals surface area contributed by atoms with E-state index in [-0.39, 0.29) is 6.04 Å². The molecule has 0 aliphatic carbocycles. The van der Waals surface area contributed by atoms with E-state index in [1.54, 1.807) is 12.4 Å². The minimum Gasteiger partial charge on any atom is -0.348 e. The van der Waals surface area contributed by atoms with Gasteiger partial charge in [0.2, 0.25) is 5.95 Å². The van der Waals surface area contributed by atoms with Crippen molar-refractivity contribution < 1.29 is 0 Å². The van der Waals surface area contributed by atoms with Crippen LogP contribution in [0.15, 0.2) is 55.1 Å². The quantitative estimate of drug-likeness (QED) is 0.785. The Hall–Kier alpha value is -2.69. The second kappa shape index (κ2) is 6.39. The highest BCUT2D eigenvalue weighted by molar-refractivity contribution is 5.29. The van der Waals surface area contributed by atoms with Gasteiger partial charge in [0.1, 0.15) is 0 Å². The molecule has 0 saturated heterocycles. The SMILES string of the molecule is Cc1cnc(NC(C)c2cnn(Cc3ccccc3)c2)nc1. The molecule has 3 aromatic rings. The Balaban J connectivity index is 1.66. The van der Waals surface area contributed by atoms with Gasteiger partial charge in [0.05, 0.1) is 18.8 Å². The largest absolute Gasteiger partial charge is 0.348 e. The van der Waals surface area contributed by atoms with Crippen LogP contribution in [0, 0.1) is 6.92 Å². The van der Waals surface area contributed by atoms with Gasteiger partial charge in [-0.05, 0) is 25.0 Å². The van der Waals surface area contributed by atoms with Crippen molar-refractivity contribution in [2.75, 3.05) is 5.32 Å². The predicted octanol–water partition coefficient (Wildman–Crippen LogP) is 3.20. The first-order chi connectivity index (χ1) is 10.7. The van der Waals surface area contributed by atoms with Crippen molar-refractivity contribution in [3.8, 4) is 0 Å². The number of benzene rings is 1. The molecule has 0 fully saturated rings. The average Bonchev–Trinajstić information content (AvgIpc) is 2.99. The molecule has 0 amide bonds. The van der Waals surface area contributed by atoms with Crippen molar-refractivity contribution in [1.82, 2.24) is 19.7 Å². The minimum absolute atomic E-state index is 0.104. The van der Waals surface area contributed by atoms with E-state index >= 15 is 0 Å². The first-order valence-corrected chi connectivity index (χ1v) is 7.32. The van der Waals surface area contributed by atoms with Gasteiger partial charge in [-0.1, -0.05) is 30.3 Å². The van der Waals surface area contributed by atoms with Crippen LogP contribution >= 0.6 is 0 Å². The van der Waals surface area contributed by atoms with Crippen LogP contribution in [0.2, 0.25) is 0 Å². The number of rotatable bonds is 5. The van der Waals surface area contributed by atoms with Gasteiger partial charge in [-0.3, -0.25) is 4.68 Å². The van der Waals surface area contributed by atoms with E-state index in [9.17, 15) is 0 Å². The molecule has 0 radical (unpaired) electrons. The summed E-state index contributed by atoms with van der Waals surface area (Å²) in [6.45, 7) is 4.82. The molecule has 112 valence electrons. The third-order valence-electron chi connectivity index (χ3n) is 3.47. The Bertz CT molecular complexity index is 718. The van der Waals surface area contributed by atoms with Gasteiger partial charge in [0.25, 0.3) is 0 Å². The van der Waals surface area contributed by atoms with Crippen LogP contribution in [0.3, 0.4) is 0 Å². The minimum atomic E-state index is 0.104. The normalized spacial score (nSPS) is 12.1. The highest BCUT2D eigenvalue weighted by Crippen LogP contribution is 2.16. The number of aromatic nitrogens is 4. The van der Waals surface area contributed by atoms with E-state index < -0.39 is 0 Å². The van der Waals surface area contributed by atoms with Crippen molar-refractivity contribution in [3.05, 3.63) is 71.8 Å². The molecule has 0 aliphatic rings. The van der Waals surface area contributed by atoms with Gasteiger partial charge in [0.15, 0.2) is 0 Å². The fraction of sp³-hybridized carbons (Fsp3) is 0.235. The van der Waals surface area contributed by atoms with Crippen LogP contribution in [0.1, 0.15) is 29.7 Å². The zero-order valence-corrected chi connectivity index (χ0v) is 12.8. The van der Waals surface area contributed by atoms with Crippen LogP contribution in [0.4, 0.5) is 5.95 Å². The van der Waals surface area contributed by atoms with Crippen molar-refractivity contribution in [2.24, 2.45) is 0 Å². The summed E-state index contributed by atoms with van der Waals surface area (Å²) < 4.78 is 1.94. The van der Waals surface area contributed by atoms with Gasteiger partial charge >= 0.3 is 0 Å². The third kappa shape index (κ3) is 3.49. The van der Waals surface area contributed by atoms with Crippen molar-refractivity contribution in [1.29, 1.82) is 0 Å². The van der Waals surface area contributed by atoms with Crippen LogP contribution in [-0.4, -0.2) is 19.7 Å². The maximum Gasteiger partial charge on any atom is 0.223 e. The summed E-state index contributed by atoms with van der Waals surface area (Å²) in [5.41, 5.74) is 3.40. The Morgan fingerprint density at radius 1 is 1.09 bits per heavy atom. The van der Waals surface area contributed by atoms with Crippen LogP contribution in [0.25, 0.3) is 0 Å². The fourth-order valence-corrected chi connectivity index (χ4v) is 2.20. The third-order valence-corrected chi connectivity index (χ3v) is 3.47. The topological polar surface area (TPSA) is 55.6 Å². The van der Waals surface area contributed by atoms with Crippen molar-refractivity contribution >= 4 is 5.95 Å². The lowest BCUT2D eigenvalue weighted by Crippen LogP contribution is -2.08. The summed E-state index contributed by atoms with van der Waals surface area (Å²) >= 11 is 0. The number of hydrogen-bond donors (Lipinski definition) is 1. The van der Waals surface area contributed by atoms with Crippen molar-refractivity contribution in [2.45, 2.75) is 26.4 Å². The number of anilines is 1. The molecule has 0 spiro atoms. The average molecular weight is 293 g/mol. The number of nitrogens with one attached hydrogen (secondary N) is 1. The molecule has 1 N–H and O–H groups in total. The second-order valence-corrected chi connectivity index (χ2v) is 5.41. The van der Waals surface area contributed by atoms with Gasteiger partial charge in [-0.25, -0.2) is 9.97 Å². The number of aryl methyl sites for hydroxylation is 1. The summed E-state index contributed by atoms with van der Waals surface area (Å²) in [4.78, 5) is 8.54. The fourth-order valence-electron chi connectivity index (χ4n) is 2.20. The molecule has 5 heteroatoms. The Labute approximate surface area is 130 Å². The lowest BCUT2D eigenvalue weighted by Gasteiger charge is -2.11. The lowest BCUT2D eigenvalue weighted by atomic mass is 10.2. The molecule has 0 aliphatic heterocycles. The number of hydrogen-bond acceptors (Lipinski definition) is 4. The second-order valence-electron chi connectivity index (χ2n) is 5.41. The maximum atomic E-state index is 4.42. The molecule has 22 heavy (non-hydrogen) atoms. The highest BCUT2D eigenvalue weighted by Gasteiger charge is 2.09. The highest BCUT2D eigenvalue weighted by atomic mass is 15.3. The van der Waals surface area contributed by atoms with Gasteiger partial charge in [-0.2, -0.15) is 5.10 Å². The standard InChI is InChI=1S/C17H19N5/c1-13-8-18-17(19-9-13)21-14(2)16-10-20-22(12-16)11-15-6-4-3-5-7-15/h3-10,12,14H,11H2,1-2H3,(H,18,19,21). The van der Waals surface area contributed by atoms with E-state index in [4.69, 9.17) is 0 Å². The smallest absolute Gasteiger partial charge is 0.223 e. The van der Waals surface area contributed by atoms with E-state index in [1.807, 2.05) is 36.0 Å². The zero-order valence-electron chi connectivity index (χ0n) is 12.8. The molecule has 1 atom stereocenters. The van der Waals surface area contributed by atoms with Gasteiger partial charge in [-0.15, -0.1) is 0 Å². The van der Waals surface area contributed by atoms with E-state index in [1.165, 1.54) is 5.56 Å². The molecular formula is C17H19N5. The van der Waals surface area contributed by atoms with E-state index in [0.29, 0.717) is 5.95 Å². The van der Waals surface area contributed by atoms with Crippen LogP contribution in [-0.2, 0) is 6.54 Å². The maximum absolute atomic E-state index is 4.42. The zero-order chi connectivity index (χ0) is 15.4. The summed E-state index contributed by atoms with van der Waals surface area (Å²) in [7, 11) is 0. The van der Waals surface area contributed by atoms with E-state index in [0.717, 1.165) is 17.7 Å². The molecule has 0 bridgehead atoms. The lowest BCUT2D eigenvalue weighted by molar-refractivity contribution is 0.685. The molecule has 1 unspecified atom stereocenters. The molecular weight excluding hydrogens is 274 g/mol. The Morgan fingerprint density at radius 3 is 2.55 bits per heavy atom. The summed E-state index contributed by atoms with van der Waals surface area (Å²) in [5, 5.41) is 7.71. The molecule has 1 aromatic carbocycles. The summed E-state index contributed by atoms with van der Waals surface area (Å²) in [5.74, 6) is 0.633. The van der Waals surface area contributed by atoms with Crippen molar-refractivity contribution in [3.63, 3.8) is 0 Å². The number of nitrogens with zero attached hydrogens (tertiary/aromatic N) is 4. The molecule has 3 rings (SSSR count). The Kier molecular flexibility index (Phi) is 4.14. The van der Waals surface area contributed by atoms with Crippen LogP contribution in [0.5, 0.6) is 0 Å². The molecule has 2 aromatic heterocycles. The molecule has 2 heterocycles. The van der Waals surface area contributed by atoms with E-state index in [2.05, 4.69) is 45.6 Å². The van der Waals surface area contributed by atoms with Gasteiger partial charge in [0, 0.05) is 24.2 Å². The first-order valence-electron chi connectivity index (χ1n) is 7.32.